The van der Waals surface area contributed by atoms with E-state index in [-0.39, 0.29) is 11.9 Å². The molecule has 0 radical (unpaired) electrons. The Balaban J connectivity index is 1.97. The van der Waals surface area contributed by atoms with Gasteiger partial charge in [-0.05, 0) is 18.9 Å². The van der Waals surface area contributed by atoms with Crippen molar-refractivity contribution in [3.63, 3.8) is 0 Å². The maximum atomic E-state index is 13.9. The van der Waals surface area contributed by atoms with Crippen molar-refractivity contribution in [3.8, 4) is 0 Å². The number of anilines is 1. The normalized spacial score (nSPS) is 22.1. The number of fused-ring (bicyclic) bond motifs is 2. The Bertz CT molecular complexity index is 727. The molecule has 1 aromatic carbocycles. The van der Waals surface area contributed by atoms with Crippen LogP contribution in [0.5, 0.6) is 0 Å². The number of rotatable bonds is 2. The van der Waals surface area contributed by atoms with Crippen molar-refractivity contribution in [2.75, 3.05) is 5.73 Å². The van der Waals surface area contributed by atoms with Crippen LogP contribution in [-0.2, 0) is 11.3 Å². The lowest BCUT2D eigenvalue weighted by Crippen LogP contribution is -2.25. The number of hydrogen-bond donors (Lipinski definition) is 1. The number of nitrogen functional groups attached to an aromatic ring is 1. The summed E-state index contributed by atoms with van der Waals surface area (Å²) >= 11 is 0. The summed E-state index contributed by atoms with van der Waals surface area (Å²) in [6.07, 6.45) is 3.13. The third-order valence-electron chi connectivity index (χ3n) is 4.25. The van der Waals surface area contributed by atoms with Gasteiger partial charge in [0.1, 0.15) is 17.6 Å². The molecule has 4 nitrogen and oxygen atoms in total. The van der Waals surface area contributed by atoms with Gasteiger partial charge < -0.3 is 10.5 Å². The molecule has 2 N–H and O–H groups in total. The number of carbonyl (C=O) groups excluding carboxylic acids is 1. The van der Waals surface area contributed by atoms with Gasteiger partial charge in [-0.25, -0.2) is 9.37 Å². The summed E-state index contributed by atoms with van der Waals surface area (Å²) in [6.45, 7) is 0.581. The summed E-state index contributed by atoms with van der Waals surface area (Å²) in [5, 5.41) is 0.591. The number of carbonyl (C=O) groups is 1. The zero-order valence-corrected chi connectivity index (χ0v) is 10.8. The molecule has 1 aliphatic carbocycles. The van der Waals surface area contributed by atoms with Crippen molar-refractivity contribution >= 4 is 22.9 Å². The number of aromatic nitrogens is 1. The summed E-state index contributed by atoms with van der Waals surface area (Å²) in [5.74, 6) is -0.371. The van der Waals surface area contributed by atoms with Gasteiger partial charge in [-0.1, -0.05) is 12.1 Å². The minimum absolute atomic E-state index is 0.297. The maximum absolute atomic E-state index is 13.9. The number of pyridine rings is 1. The van der Waals surface area contributed by atoms with Crippen LogP contribution in [0.25, 0.3) is 10.9 Å². The van der Waals surface area contributed by atoms with Crippen molar-refractivity contribution in [1.82, 2.24) is 9.88 Å². The van der Waals surface area contributed by atoms with Crippen molar-refractivity contribution in [2.24, 2.45) is 0 Å². The lowest BCUT2D eigenvalue weighted by atomic mass is 10.0. The molecular weight excluding hydrogens is 257 g/mol. The Labute approximate surface area is 115 Å². The second kappa shape index (κ2) is 3.99. The molecule has 102 valence electrons. The number of aldehydes is 1. The van der Waals surface area contributed by atoms with E-state index in [4.69, 9.17) is 5.73 Å². The molecule has 2 aliphatic rings. The van der Waals surface area contributed by atoms with Crippen LogP contribution in [0, 0.1) is 5.82 Å². The highest BCUT2D eigenvalue weighted by Crippen LogP contribution is 2.44. The molecule has 1 fully saturated rings. The van der Waals surface area contributed by atoms with E-state index < -0.39 is 0 Å². The first-order chi connectivity index (χ1) is 9.70. The smallest absolute Gasteiger partial charge is 0.149 e. The first-order valence-corrected chi connectivity index (χ1v) is 6.78. The van der Waals surface area contributed by atoms with Crippen LogP contribution in [0.4, 0.5) is 10.1 Å². The van der Waals surface area contributed by atoms with Crippen molar-refractivity contribution in [3.05, 3.63) is 35.3 Å². The Morgan fingerprint density at radius 1 is 1.40 bits per heavy atom. The van der Waals surface area contributed by atoms with E-state index in [1.165, 1.54) is 6.07 Å². The first kappa shape index (κ1) is 11.8. The van der Waals surface area contributed by atoms with E-state index in [0.717, 1.165) is 30.4 Å². The molecule has 4 rings (SSSR count). The van der Waals surface area contributed by atoms with E-state index in [9.17, 15) is 9.18 Å². The summed E-state index contributed by atoms with van der Waals surface area (Å²) in [5.41, 5.74) is 8.49. The predicted octanol–water partition coefficient (Wildman–Crippen LogP) is 2.17. The molecule has 20 heavy (non-hydrogen) atoms. The van der Waals surface area contributed by atoms with E-state index in [1.54, 1.807) is 12.1 Å². The summed E-state index contributed by atoms with van der Waals surface area (Å²) in [4.78, 5) is 18.0. The van der Waals surface area contributed by atoms with E-state index >= 15 is 0 Å². The number of hydrogen-bond acceptors (Lipinski definition) is 4. The molecular formula is C15H14FN3O. The molecule has 1 atom stereocenters. The van der Waals surface area contributed by atoms with E-state index in [2.05, 4.69) is 9.88 Å². The Kier molecular flexibility index (Phi) is 2.35. The predicted molar refractivity (Wildman–Crippen MR) is 73.5 cm³/mol. The fraction of sp³-hybridized carbons (Fsp3) is 0.333. The summed E-state index contributed by atoms with van der Waals surface area (Å²) in [7, 11) is 0. The Morgan fingerprint density at radius 2 is 2.20 bits per heavy atom. The standard InChI is InChI=1S/C15H14FN3O/c16-10-3-1-2-9-14(17)13-11(18-15(9)10)6-19(8-4-5-8)12(13)7-20/h1-3,7-8,12H,4-6H2,(H2,17,18). The zero-order chi connectivity index (χ0) is 13.9. The molecule has 1 unspecified atom stereocenters. The molecule has 1 saturated carbocycles. The number of halogens is 1. The van der Waals surface area contributed by atoms with Crippen LogP contribution in [0.15, 0.2) is 18.2 Å². The summed E-state index contributed by atoms with van der Waals surface area (Å²) in [6, 6.07) is 4.85. The van der Waals surface area contributed by atoms with Crippen molar-refractivity contribution in [2.45, 2.75) is 31.5 Å². The molecule has 0 amide bonds. The van der Waals surface area contributed by atoms with Crippen LogP contribution in [-0.4, -0.2) is 22.2 Å². The fourth-order valence-corrected chi connectivity index (χ4v) is 3.14. The maximum Gasteiger partial charge on any atom is 0.149 e. The molecule has 0 spiro atoms. The fourth-order valence-electron chi connectivity index (χ4n) is 3.14. The van der Waals surface area contributed by atoms with Crippen LogP contribution < -0.4 is 5.73 Å². The van der Waals surface area contributed by atoms with Gasteiger partial charge in [-0.3, -0.25) is 4.90 Å². The lowest BCUT2D eigenvalue weighted by Gasteiger charge is -2.19. The van der Waals surface area contributed by atoms with Gasteiger partial charge in [-0.15, -0.1) is 0 Å². The van der Waals surface area contributed by atoms with Crippen molar-refractivity contribution < 1.29 is 9.18 Å². The van der Waals surface area contributed by atoms with Gasteiger partial charge >= 0.3 is 0 Å². The van der Waals surface area contributed by atoms with Gasteiger partial charge in [0.25, 0.3) is 0 Å². The second-order valence-corrected chi connectivity index (χ2v) is 5.51. The minimum Gasteiger partial charge on any atom is -0.398 e. The highest BCUT2D eigenvalue weighted by Gasteiger charge is 2.41. The quantitative estimate of drug-likeness (QED) is 0.850. The van der Waals surface area contributed by atoms with Crippen LogP contribution >= 0.6 is 0 Å². The summed E-state index contributed by atoms with van der Waals surface area (Å²) < 4.78 is 13.9. The van der Waals surface area contributed by atoms with Gasteiger partial charge in [0.2, 0.25) is 0 Å². The number of nitrogens with zero attached hydrogens (tertiary/aromatic N) is 2. The van der Waals surface area contributed by atoms with Gasteiger partial charge in [0, 0.05) is 29.2 Å². The monoisotopic (exact) mass is 271 g/mol. The molecule has 1 aromatic heterocycles. The average Bonchev–Trinajstić information content (AvgIpc) is 3.21. The average molecular weight is 271 g/mol. The molecule has 5 heteroatoms. The highest BCUT2D eigenvalue weighted by atomic mass is 19.1. The molecule has 0 saturated heterocycles. The highest BCUT2D eigenvalue weighted by molar-refractivity contribution is 5.94. The topological polar surface area (TPSA) is 59.2 Å². The van der Waals surface area contributed by atoms with E-state index in [0.29, 0.717) is 29.2 Å². The number of nitrogens with two attached hydrogens (primary N) is 1. The second-order valence-electron chi connectivity index (χ2n) is 5.51. The number of para-hydroxylation sites is 1. The van der Waals surface area contributed by atoms with Crippen molar-refractivity contribution in [1.29, 1.82) is 0 Å². The van der Waals surface area contributed by atoms with Crippen LogP contribution in [0.1, 0.15) is 30.1 Å². The minimum atomic E-state index is -0.371. The van der Waals surface area contributed by atoms with Gasteiger partial charge in [0.05, 0.1) is 11.7 Å². The molecule has 2 aromatic rings. The molecule has 1 aliphatic heterocycles. The third-order valence-corrected chi connectivity index (χ3v) is 4.25. The van der Waals surface area contributed by atoms with Crippen LogP contribution in [0.2, 0.25) is 0 Å². The largest absolute Gasteiger partial charge is 0.398 e. The number of benzene rings is 1. The zero-order valence-electron chi connectivity index (χ0n) is 10.8. The van der Waals surface area contributed by atoms with E-state index in [1.807, 2.05) is 0 Å². The Morgan fingerprint density at radius 3 is 2.90 bits per heavy atom. The SMILES string of the molecule is Nc1c2c(nc3c(F)cccc13)CN(C1CC1)C2C=O. The van der Waals surface area contributed by atoms with Gasteiger partial charge in [-0.2, -0.15) is 0 Å². The van der Waals surface area contributed by atoms with Crippen LogP contribution in [0.3, 0.4) is 0 Å². The Hall–Kier alpha value is -2.01. The lowest BCUT2D eigenvalue weighted by molar-refractivity contribution is -0.112. The molecule has 0 bridgehead atoms. The third kappa shape index (κ3) is 1.50. The first-order valence-electron chi connectivity index (χ1n) is 6.78. The molecule has 2 heterocycles. The van der Waals surface area contributed by atoms with Gasteiger partial charge in [0.15, 0.2) is 0 Å².